The molecule has 0 saturated carbocycles. The molecule has 0 bridgehead atoms. The number of benzene rings is 2. The lowest BCUT2D eigenvalue weighted by Gasteiger charge is -2.12. The summed E-state index contributed by atoms with van der Waals surface area (Å²) < 4.78 is 10.9. The SMILES string of the molecule is COc1ccccc1Oc1cc(C#N)ccc1C(C)=O. The Morgan fingerprint density at radius 2 is 1.80 bits per heavy atom. The number of Topliss-reactive ketones (excluding diaryl/α,β-unsaturated/α-hetero) is 1. The van der Waals surface area contributed by atoms with Crippen molar-refractivity contribution in [1.29, 1.82) is 5.26 Å². The fraction of sp³-hybridized carbons (Fsp3) is 0.125. The Morgan fingerprint density at radius 1 is 1.10 bits per heavy atom. The van der Waals surface area contributed by atoms with Crippen molar-refractivity contribution >= 4 is 5.78 Å². The van der Waals surface area contributed by atoms with Crippen molar-refractivity contribution in [3.8, 4) is 23.3 Å². The third kappa shape index (κ3) is 2.78. The lowest BCUT2D eigenvalue weighted by molar-refractivity contribution is 0.101. The number of ether oxygens (including phenoxy) is 2. The molecular weight excluding hydrogens is 254 g/mol. The molecule has 4 nitrogen and oxygen atoms in total. The van der Waals surface area contributed by atoms with Gasteiger partial charge < -0.3 is 9.47 Å². The second-order valence-corrected chi connectivity index (χ2v) is 4.13. The van der Waals surface area contributed by atoms with E-state index in [0.29, 0.717) is 28.4 Å². The van der Waals surface area contributed by atoms with Gasteiger partial charge in [-0.1, -0.05) is 12.1 Å². The van der Waals surface area contributed by atoms with E-state index < -0.39 is 0 Å². The number of nitrogens with zero attached hydrogens (tertiary/aromatic N) is 1. The molecule has 0 unspecified atom stereocenters. The van der Waals surface area contributed by atoms with Crippen LogP contribution in [0.5, 0.6) is 17.2 Å². The van der Waals surface area contributed by atoms with Gasteiger partial charge in [-0.05, 0) is 37.3 Å². The van der Waals surface area contributed by atoms with Gasteiger partial charge in [0.1, 0.15) is 5.75 Å². The number of carbonyl (C=O) groups is 1. The highest BCUT2D eigenvalue weighted by molar-refractivity contribution is 5.97. The molecule has 0 aliphatic rings. The first-order valence-corrected chi connectivity index (χ1v) is 6.01. The summed E-state index contributed by atoms with van der Waals surface area (Å²) in [4.78, 5) is 11.6. The van der Waals surface area contributed by atoms with Crippen molar-refractivity contribution in [3.63, 3.8) is 0 Å². The summed E-state index contributed by atoms with van der Waals surface area (Å²) in [7, 11) is 1.54. The van der Waals surface area contributed by atoms with Crippen molar-refractivity contribution in [1.82, 2.24) is 0 Å². The molecule has 0 N–H and O–H groups in total. The predicted molar refractivity (Wildman–Crippen MR) is 74.2 cm³/mol. The van der Waals surface area contributed by atoms with Gasteiger partial charge in [0.2, 0.25) is 0 Å². The van der Waals surface area contributed by atoms with Gasteiger partial charge in [0.25, 0.3) is 0 Å². The molecule has 100 valence electrons. The summed E-state index contributed by atoms with van der Waals surface area (Å²) >= 11 is 0. The van der Waals surface area contributed by atoms with Gasteiger partial charge in [-0.2, -0.15) is 5.26 Å². The van der Waals surface area contributed by atoms with Gasteiger partial charge in [0.05, 0.1) is 24.3 Å². The van der Waals surface area contributed by atoms with Gasteiger partial charge >= 0.3 is 0 Å². The monoisotopic (exact) mass is 267 g/mol. The van der Waals surface area contributed by atoms with Gasteiger partial charge in [-0.15, -0.1) is 0 Å². The standard InChI is InChI=1S/C16H13NO3/c1-11(18)13-8-7-12(10-17)9-16(13)20-15-6-4-3-5-14(15)19-2/h3-9H,1-2H3. The van der Waals surface area contributed by atoms with E-state index in [2.05, 4.69) is 0 Å². The van der Waals surface area contributed by atoms with Crippen LogP contribution >= 0.6 is 0 Å². The van der Waals surface area contributed by atoms with Crippen molar-refractivity contribution in [2.75, 3.05) is 7.11 Å². The molecular formula is C16H13NO3. The van der Waals surface area contributed by atoms with Crippen LogP contribution in [-0.4, -0.2) is 12.9 Å². The minimum absolute atomic E-state index is 0.126. The van der Waals surface area contributed by atoms with Gasteiger partial charge in [0.15, 0.2) is 17.3 Å². The van der Waals surface area contributed by atoms with Crippen molar-refractivity contribution in [2.24, 2.45) is 0 Å². The van der Waals surface area contributed by atoms with E-state index >= 15 is 0 Å². The minimum Gasteiger partial charge on any atom is -0.493 e. The van der Waals surface area contributed by atoms with Gasteiger partial charge in [0, 0.05) is 0 Å². The molecule has 2 aromatic carbocycles. The Labute approximate surface area is 117 Å². The fourth-order valence-corrected chi connectivity index (χ4v) is 1.79. The maximum atomic E-state index is 11.6. The van der Waals surface area contributed by atoms with Crippen LogP contribution in [0.4, 0.5) is 0 Å². The summed E-state index contributed by atoms with van der Waals surface area (Å²) in [5.41, 5.74) is 0.856. The highest BCUT2D eigenvalue weighted by atomic mass is 16.5. The average molecular weight is 267 g/mol. The molecule has 20 heavy (non-hydrogen) atoms. The summed E-state index contributed by atoms with van der Waals surface area (Å²) in [6.07, 6.45) is 0. The molecule has 2 rings (SSSR count). The molecule has 0 heterocycles. The predicted octanol–water partition coefficient (Wildman–Crippen LogP) is 3.56. The summed E-state index contributed by atoms with van der Waals surface area (Å²) in [5.74, 6) is 1.28. The molecule has 4 heteroatoms. The molecule has 0 aliphatic heterocycles. The number of hydrogen-bond donors (Lipinski definition) is 0. The molecule has 0 fully saturated rings. The number of para-hydroxylation sites is 2. The average Bonchev–Trinajstić information content (AvgIpc) is 2.47. The van der Waals surface area contributed by atoms with Crippen molar-refractivity contribution in [3.05, 3.63) is 53.6 Å². The molecule has 0 spiro atoms. The normalized spacial score (nSPS) is 9.65. The maximum absolute atomic E-state index is 11.6. The van der Waals surface area contributed by atoms with Crippen LogP contribution in [0.2, 0.25) is 0 Å². The third-order valence-corrected chi connectivity index (χ3v) is 2.78. The maximum Gasteiger partial charge on any atom is 0.169 e. The Morgan fingerprint density at radius 3 is 2.40 bits per heavy atom. The van der Waals surface area contributed by atoms with Crippen LogP contribution in [0, 0.1) is 11.3 Å². The zero-order chi connectivity index (χ0) is 14.5. The van der Waals surface area contributed by atoms with Crippen LogP contribution in [0.25, 0.3) is 0 Å². The third-order valence-electron chi connectivity index (χ3n) is 2.78. The number of rotatable bonds is 4. The van der Waals surface area contributed by atoms with Gasteiger partial charge in [-0.3, -0.25) is 4.79 Å². The van der Waals surface area contributed by atoms with E-state index in [-0.39, 0.29) is 5.78 Å². The van der Waals surface area contributed by atoms with E-state index in [9.17, 15) is 4.79 Å². The fourth-order valence-electron chi connectivity index (χ4n) is 1.79. The van der Waals surface area contributed by atoms with E-state index in [1.165, 1.54) is 6.92 Å². The lowest BCUT2D eigenvalue weighted by Crippen LogP contribution is -1.98. The van der Waals surface area contributed by atoms with E-state index in [0.717, 1.165) is 0 Å². The van der Waals surface area contributed by atoms with Crippen LogP contribution in [0.1, 0.15) is 22.8 Å². The smallest absolute Gasteiger partial charge is 0.169 e. The molecule has 0 atom stereocenters. The van der Waals surface area contributed by atoms with E-state index in [1.807, 2.05) is 12.1 Å². The van der Waals surface area contributed by atoms with Crippen molar-refractivity contribution < 1.29 is 14.3 Å². The Kier molecular flexibility index (Phi) is 4.02. The molecule has 0 aromatic heterocycles. The quantitative estimate of drug-likeness (QED) is 0.795. The molecule has 2 aromatic rings. The first-order valence-electron chi connectivity index (χ1n) is 6.01. The largest absolute Gasteiger partial charge is 0.493 e. The Hall–Kier alpha value is -2.80. The molecule has 0 aliphatic carbocycles. The molecule has 0 amide bonds. The molecule has 0 saturated heterocycles. The van der Waals surface area contributed by atoms with Crippen molar-refractivity contribution in [2.45, 2.75) is 6.92 Å². The Bertz CT molecular complexity index is 686. The number of carbonyl (C=O) groups excluding carboxylic acids is 1. The number of hydrogen-bond acceptors (Lipinski definition) is 4. The summed E-state index contributed by atoms with van der Waals surface area (Å²) in [5, 5.41) is 8.94. The highest BCUT2D eigenvalue weighted by Crippen LogP contribution is 2.33. The number of nitriles is 1. The zero-order valence-electron chi connectivity index (χ0n) is 11.2. The lowest BCUT2D eigenvalue weighted by atomic mass is 10.1. The van der Waals surface area contributed by atoms with Gasteiger partial charge in [-0.25, -0.2) is 0 Å². The Balaban J connectivity index is 2.46. The van der Waals surface area contributed by atoms with Crippen LogP contribution in [0.15, 0.2) is 42.5 Å². The topological polar surface area (TPSA) is 59.3 Å². The second kappa shape index (κ2) is 5.89. The first-order chi connectivity index (χ1) is 9.65. The number of ketones is 1. The minimum atomic E-state index is -0.126. The summed E-state index contributed by atoms with van der Waals surface area (Å²) in [6.45, 7) is 1.45. The highest BCUT2D eigenvalue weighted by Gasteiger charge is 2.12. The number of methoxy groups -OCH3 is 1. The van der Waals surface area contributed by atoms with Crippen LogP contribution in [0.3, 0.4) is 0 Å². The van der Waals surface area contributed by atoms with E-state index in [1.54, 1.807) is 43.5 Å². The summed E-state index contributed by atoms with van der Waals surface area (Å²) in [6, 6.07) is 13.9. The second-order valence-electron chi connectivity index (χ2n) is 4.13. The zero-order valence-corrected chi connectivity index (χ0v) is 11.2. The first kappa shape index (κ1) is 13.6. The van der Waals surface area contributed by atoms with E-state index in [4.69, 9.17) is 14.7 Å². The van der Waals surface area contributed by atoms with Crippen LogP contribution in [-0.2, 0) is 0 Å². The molecule has 0 radical (unpaired) electrons. The van der Waals surface area contributed by atoms with Crippen LogP contribution < -0.4 is 9.47 Å².